The maximum absolute atomic E-state index is 11.7. The summed E-state index contributed by atoms with van der Waals surface area (Å²) >= 11 is 0. The van der Waals surface area contributed by atoms with Crippen LogP contribution in [0.5, 0.6) is 5.75 Å². The number of esters is 1. The zero-order valence-electron chi connectivity index (χ0n) is 16.8. The van der Waals surface area contributed by atoms with Crippen LogP contribution in [-0.2, 0) is 9.53 Å². The molecule has 0 aliphatic heterocycles. The summed E-state index contributed by atoms with van der Waals surface area (Å²) < 4.78 is 10.5. The molecule has 0 aliphatic rings. The molecule has 0 aromatic heterocycles. The number of unbranched alkanes of at least 4 members (excludes halogenated alkanes) is 9. The van der Waals surface area contributed by atoms with Gasteiger partial charge >= 0.3 is 5.97 Å². The lowest BCUT2D eigenvalue weighted by Gasteiger charge is -2.04. The van der Waals surface area contributed by atoms with Crippen LogP contribution in [0, 0.1) is 0 Å². The molecule has 4 heteroatoms. The molecule has 0 unspecified atom stereocenters. The third-order valence-corrected chi connectivity index (χ3v) is 4.39. The number of carbonyl (C=O) groups excluding carboxylic acids is 1. The Bertz CT molecular complexity index is 508. The number of ether oxygens (including phenoxy) is 2. The number of hydrogen-bond donors (Lipinski definition) is 1. The molecular formula is C23H36O4. The van der Waals surface area contributed by atoms with Gasteiger partial charge in [-0.1, -0.05) is 76.8 Å². The molecular weight excluding hydrogens is 340 g/mol. The van der Waals surface area contributed by atoms with Gasteiger partial charge < -0.3 is 14.6 Å². The smallest absolute Gasteiger partial charge is 0.330 e. The average Bonchev–Trinajstić information content (AvgIpc) is 2.69. The second-order valence-corrected chi connectivity index (χ2v) is 6.82. The molecule has 0 heterocycles. The molecule has 152 valence electrons. The van der Waals surface area contributed by atoms with Crippen LogP contribution in [0.15, 0.2) is 30.3 Å². The van der Waals surface area contributed by atoms with E-state index in [4.69, 9.17) is 14.6 Å². The van der Waals surface area contributed by atoms with Gasteiger partial charge in [-0.3, -0.25) is 0 Å². The van der Waals surface area contributed by atoms with E-state index >= 15 is 0 Å². The number of aliphatic hydroxyl groups excluding tert-OH is 1. The molecule has 0 saturated carbocycles. The van der Waals surface area contributed by atoms with E-state index in [-0.39, 0.29) is 19.2 Å². The zero-order valence-corrected chi connectivity index (χ0v) is 16.8. The Kier molecular flexibility index (Phi) is 14.1. The van der Waals surface area contributed by atoms with Gasteiger partial charge in [0.1, 0.15) is 12.4 Å². The molecule has 0 bridgehead atoms. The summed E-state index contributed by atoms with van der Waals surface area (Å²) in [7, 11) is 0. The lowest BCUT2D eigenvalue weighted by Crippen LogP contribution is -2.02. The third kappa shape index (κ3) is 13.1. The summed E-state index contributed by atoms with van der Waals surface area (Å²) in [6.07, 6.45) is 15.9. The Morgan fingerprint density at radius 1 is 0.889 bits per heavy atom. The van der Waals surface area contributed by atoms with Crippen LogP contribution in [0.3, 0.4) is 0 Å². The van der Waals surface area contributed by atoms with E-state index in [9.17, 15) is 4.79 Å². The molecule has 1 aromatic carbocycles. The maximum Gasteiger partial charge on any atom is 0.330 e. The molecule has 1 N–H and O–H groups in total. The van der Waals surface area contributed by atoms with Gasteiger partial charge in [-0.05, 0) is 30.2 Å². The van der Waals surface area contributed by atoms with Crippen molar-refractivity contribution in [2.45, 2.75) is 71.1 Å². The van der Waals surface area contributed by atoms with Gasteiger partial charge in [-0.15, -0.1) is 0 Å². The minimum atomic E-state index is -0.300. The molecule has 0 radical (unpaired) electrons. The standard InChI is InChI=1S/C23H36O4/c1-2-3-4-5-6-7-8-9-10-11-19-27-23(25)17-14-21-12-15-22(16-13-21)26-20-18-24/h12-17,24H,2-11,18-20H2,1H3/b17-14+. The molecule has 0 amide bonds. The van der Waals surface area contributed by atoms with Crippen molar-refractivity contribution in [2.75, 3.05) is 19.8 Å². The number of aliphatic hydroxyl groups is 1. The molecule has 0 fully saturated rings. The van der Waals surface area contributed by atoms with Crippen LogP contribution in [0.2, 0.25) is 0 Å². The fourth-order valence-electron chi connectivity index (χ4n) is 2.81. The quantitative estimate of drug-likeness (QED) is 0.234. The van der Waals surface area contributed by atoms with Crippen LogP contribution < -0.4 is 4.74 Å². The van der Waals surface area contributed by atoms with Crippen molar-refractivity contribution in [3.63, 3.8) is 0 Å². The molecule has 27 heavy (non-hydrogen) atoms. The fourth-order valence-corrected chi connectivity index (χ4v) is 2.81. The Hall–Kier alpha value is -1.81. The molecule has 1 rings (SSSR count). The first-order valence-corrected chi connectivity index (χ1v) is 10.4. The van der Waals surface area contributed by atoms with E-state index in [1.54, 1.807) is 6.08 Å². The van der Waals surface area contributed by atoms with Gasteiger partial charge in [0.2, 0.25) is 0 Å². The minimum absolute atomic E-state index is 0.00740. The second kappa shape index (κ2) is 16.4. The topological polar surface area (TPSA) is 55.8 Å². The number of benzene rings is 1. The number of carbonyl (C=O) groups is 1. The minimum Gasteiger partial charge on any atom is -0.491 e. The van der Waals surface area contributed by atoms with E-state index < -0.39 is 0 Å². The van der Waals surface area contributed by atoms with Crippen LogP contribution in [0.4, 0.5) is 0 Å². The van der Waals surface area contributed by atoms with E-state index in [1.165, 1.54) is 57.4 Å². The van der Waals surface area contributed by atoms with Gasteiger partial charge in [-0.2, -0.15) is 0 Å². The van der Waals surface area contributed by atoms with Crippen LogP contribution >= 0.6 is 0 Å². The SMILES string of the molecule is CCCCCCCCCCCCOC(=O)/C=C/c1ccc(OCCO)cc1. The molecule has 1 aromatic rings. The lowest BCUT2D eigenvalue weighted by molar-refractivity contribution is -0.137. The van der Waals surface area contributed by atoms with Crippen molar-refractivity contribution in [2.24, 2.45) is 0 Å². The normalized spacial score (nSPS) is 11.0. The van der Waals surface area contributed by atoms with Crippen molar-refractivity contribution >= 4 is 12.0 Å². The molecule has 0 atom stereocenters. The second-order valence-electron chi connectivity index (χ2n) is 6.82. The highest BCUT2D eigenvalue weighted by atomic mass is 16.5. The summed E-state index contributed by atoms with van der Waals surface area (Å²) in [5, 5.41) is 8.72. The molecule has 0 aliphatic carbocycles. The first-order valence-electron chi connectivity index (χ1n) is 10.4. The van der Waals surface area contributed by atoms with Crippen LogP contribution in [0.1, 0.15) is 76.7 Å². The number of hydrogen-bond acceptors (Lipinski definition) is 4. The molecule has 0 spiro atoms. The van der Waals surface area contributed by atoms with Gasteiger partial charge in [-0.25, -0.2) is 4.79 Å². The summed E-state index contributed by atoms with van der Waals surface area (Å²) in [6, 6.07) is 7.34. The first-order chi connectivity index (χ1) is 13.3. The summed E-state index contributed by atoms with van der Waals surface area (Å²) in [4.78, 5) is 11.7. The molecule has 0 saturated heterocycles. The average molecular weight is 377 g/mol. The van der Waals surface area contributed by atoms with Crippen molar-refractivity contribution in [3.8, 4) is 5.75 Å². The van der Waals surface area contributed by atoms with Crippen LogP contribution in [0.25, 0.3) is 6.08 Å². The number of rotatable bonds is 16. The summed E-state index contributed by atoms with van der Waals surface area (Å²) in [5.41, 5.74) is 0.905. The van der Waals surface area contributed by atoms with Crippen molar-refractivity contribution in [3.05, 3.63) is 35.9 Å². The zero-order chi connectivity index (χ0) is 19.6. The maximum atomic E-state index is 11.7. The Morgan fingerprint density at radius 2 is 1.48 bits per heavy atom. The predicted molar refractivity (Wildman–Crippen MR) is 111 cm³/mol. The fraction of sp³-hybridized carbons (Fsp3) is 0.609. The van der Waals surface area contributed by atoms with E-state index in [2.05, 4.69) is 6.92 Å². The van der Waals surface area contributed by atoms with E-state index in [0.29, 0.717) is 12.4 Å². The third-order valence-electron chi connectivity index (χ3n) is 4.39. The summed E-state index contributed by atoms with van der Waals surface area (Å²) in [5.74, 6) is 0.399. The largest absolute Gasteiger partial charge is 0.491 e. The highest BCUT2D eigenvalue weighted by molar-refractivity contribution is 5.87. The van der Waals surface area contributed by atoms with Gasteiger partial charge in [0.15, 0.2) is 0 Å². The van der Waals surface area contributed by atoms with Crippen molar-refractivity contribution in [1.29, 1.82) is 0 Å². The monoisotopic (exact) mass is 376 g/mol. The Balaban J connectivity index is 2.02. The Labute approximate surface area is 164 Å². The van der Waals surface area contributed by atoms with Crippen LogP contribution in [-0.4, -0.2) is 30.9 Å². The van der Waals surface area contributed by atoms with Gasteiger partial charge in [0.25, 0.3) is 0 Å². The van der Waals surface area contributed by atoms with Gasteiger partial charge in [0.05, 0.1) is 13.2 Å². The van der Waals surface area contributed by atoms with Gasteiger partial charge in [0, 0.05) is 6.08 Å². The first kappa shape index (κ1) is 23.2. The highest BCUT2D eigenvalue weighted by Crippen LogP contribution is 2.13. The predicted octanol–water partition coefficient (Wildman–Crippen LogP) is 5.54. The highest BCUT2D eigenvalue weighted by Gasteiger charge is 1.98. The van der Waals surface area contributed by atoms with E-state index in [0.717, 1.165) is 18.4 Å². The van der Waals surface area contributed by atoms with Crippen molar-refractivity contribution in [1.82, 2.24) is 0 Å². The van der Waals surface area contributed by atoms with Crippen molar-refractivity contribution < 1.29 is 19.4 Å². The lowest BCUT2D eigenvalue weighted by atomic mass is 10.1. The van der Waals surface area contributed by atoms with E-state index in [1.807, 2.05) is 24.3 Å². The Morgan fingerprint density at radius 3 is 2.07 bits per heavy atom. The molecule has 4 nitrogen and oxygen atoms in total. The summed E-state index contributed by atoms with van der Waals surface area (Å²) in [6.45, 7) is 3.01.